The number of phenols is 1. The summed E-state index contributed by atoms with van der Waals surface area (Å²) in [6.07, 6.45) is 7.12. The molecule has 0 saturated carbocycles. The summed E-state index contributed by atoms with van der Waals surface area (Å²) in [6.45, 7) is 17.5. The van der Waals surface area contributed by atoms with Crippen LogP contribution in [0.25, 0.3) is 0 Å². The fourth-order valence-corrected chi connectivity index (χ4v) is 4.65. The Morgan fingerprint density at radius 3 is 2.06 bits per heavy atom. The molecule has 178 valence electrons. The van der Waals surface area contributed by atoms with Gasteiger partial charge in [-0.1, -0.05) is 86.8 Å². The van der Waals surface area contributed by atoms with E-state index in [1.54, 1.807) is 0 Å². The van der Waals surface area contributed by atoms with Crippen molar-refractivity contribution in [2.75, 3.05) is 12.4 Å². The lowest BCUT2D eigenvalue weighted by molar-refractivity contribution is -0.143. The number of hydrogen-bond donors (Lipinski definition) is 1. The summed E-state index contributed by atoms with van der Waals surface area (Å²) in [5.41, 5.74) is 2.64. The molecule has 1 N–H and O–H groups in total. The third-order valence-corrected chi connectivity index (χ3v) is 7.11. The molecule has 0 spiro atoms. The van der Waals surface area contributed by atoms with E-state index in [0.717, 1.165) is 28.9 Å². The standard InChI is InChI=1S/C27H46O3S/c1-9-11-12-13-16-31-21(10-2)19-30-24(28)15-14-20-17-22(26(3,4)5)25(29)23(18-20)27(6,7)8/h17-18,21,29H,9-16,19H2,1-8H3. The lowest BCUT2D eigenvalue weighted by Gasteiger charge is -2.28. The van der Waals surface area contributed by atoms with E-state index in [-0.39, 0.29) is 16.8 Å². The van der Waals surface area contributed by atoms with E-state index in [1.807, 2.05) is 11.8 Å². The van der Waals surface area contributed by atoms with Crippen molar-refractivity contribution in [3.05, 3.63) is 28.8 Å². The molecule has 1 rings (SSSR count). The van der Waals surface area contributed by atoms with Gasteiger partial charge in [-0.2, -0.15) is 11.8 Å². The molecule has 1 atom stereocenters. The fourth-order valence-electron chi connectivity index (χ4n) is 3.55. The first kappa shape index (κ1) is 27.9. The van der Waals surface area contributed by atoms with Gasteiger partial charge in [-0.15, -0.1) is 0 Å². The number of aromatic hydroxyl groups is 1. The molecule has 0 heterocycles. The largest absolute Gasteiger partial charge is 0.507 e. The smallest absolute Gasteiger partial charge is 0.306 e. The number of hydrogen-bond acceptors (Lipinski definition) is 4. The number of thioether (sulfide) groups is 1. The topological polar surface area (TPSA) is 46.5 Å². The van der Waals surface area contributed by atoms with Gasteiger partial charge in [0.2, 0.25) is 0 Å². The van der Waals surface area contributed by atoms with Gasteiger partial charge in [0.25, 0.3) is 0 Å². The zero-order chi connectivity index (χ0) is 23.7. The van der Waals surface area contributed by atoms with Crippen molar-refractivity contribution >= 4 is 17.7 Å². The number of benzene rings is 1. The Hall–Kier alpha value is -1.16. The Morgan fingerprint density at radius 1 is 1.00 bits per heavy atom. The van der Waals surface area contributed by atoms with Crippen LogP contribution in [0, 0.1) is 0 Å². The summed E-state index contributed by atoms with van der Waals surface area (Å²) < 4.78 is 5.60. The number of carbonyl (C=O) groups is 1. The first-order valence-corrected chi connectivity index (χ1v) is 13.1. The summed E-state index contributed by atoms with van der Waals surface area (Å²) >= 11 is 1.93. The number of unbranched alkanes of at least 4 members (excludes halogenated alkanes) is 3. The number of carbonyl (C=O) groups excluding carboxylic acids is 1. The molecule has 0 bridgehead atoms. The molecule has 0 aliphatic rings. The number of rotatable bonds is 12. The Labute approximate surface area is 195 Å². The Kier molecular flexibility index (Phi) is 11.5. The monoisotopic (exact) mass is 450 g/mol. The SMILES string of the molecule is CCCCCCSC(CC)COC(=O)CCc1cc(C(C)(C)C)c(O)c(C(C)(C)C)c1. The summed E-state index contributed by atoms with van der Waals surface area (Å²) in [7, 11) is 0. The highest BCUT2D eigenvalue weighted by Crippen LogP contribution is 2.40. The lowest BCUT2D eigenvalue weighted by atomic mass is 9.78. The maximum absolute atomic E-state index is 12.4. The van der Waals surface area contributed by atoms with Gasteiger partial charge in [-0.3, -0.25) is 4.79 Å². The highest BCUT2D eigenvalue weighted by molar-refractivity contribution is 7.99. The highest BCUT2D eigenvalue weighted by Gasteiger charge is 2.26. The number of phenolic OH excluding ortho intramolecular Hbond substituents is 1. The van der Waals surface area contributed by atoms with Crippen LogP contribution >= 0.6 is 11.8 Å². The minimum atomic E-state index is -0.163. The zero-order valence-corrected chi connectivity index (χ0v) is 22.1. The van der Waals surface area contributed by atoms with Crippen molar-refractivity contribution in [1.82, 2.24) is 0 Å². The molecule has 0 fully saturated rings. The average Bonchev–Trinajstić information content (AvgIpc) is 2.67. The van der Waals surface area contributed by atoms with Gasteiger partial charge in [0.1, 0.15) is 12.4 Å². The molecular weight excluding hydrogens is 404 g/mol. The second-order valence-electron chi connectivity index (χ2n) is 10.7. The minimum absolute atomic E-state index is 0.132. The van der Waals surface area contributed by atoms with Crippen LogP contribution in [0.3, 0.4) is 0 Å². The second-order valence-corrected chi connectivity index (χ2v) is 12.1. The van der Waals surface area contributed by atoms with Crippen LogP contribution in [0.4, 0.5) is 0 Å². The maximum Gasteiger partial charge on any atom is 0.306 e. The molecule has 1 aromatic carbocycles. The highest BCUT2D eigenvalue weighted by atomic mass is 32.2. The second kappa shape index (κ2) is 12.8. The van der Waals surface area contributed by atoms with Gasteiger partial charge in [-0.25, -0.2) is 0 Å². The Morgan fingerprint density at radius 2 is 1.58 bits per heavy atom. The summed E-state index contributed by atoms with van der Waals surface area (Å²) in [5, 5.41) is 11.2. The van der Waals surface area contributed by atoms with Crippen LogP contribution in [0.5, 0.6) is 5.75 Å². The summed E-state index contributed by atoms with van der Waals surface area (Å²) in [4.78, 5) is 12.4. The third-order valence-electron chi connectivity index (χ3n) is 5.64. The minimum Gasteiger partial charge on any atom is -0.507 e. The maximum atomic E-state index is 12.4. The zero-order valence-electron chi connectivity index (χ0n) is 21.3. The van der Waals surface area contributed by atoms with Gasteiger partial charge in [0.05, 0.1) is 0 Å². The van der Waals surface area contributed by atoms with Crippen LogP contribution in [-0.4, -0.2) is 28.7 Å². The molecule has 0 aromatic heterocycles. The van der Waals surface area contributed by atoms with Crippen LogP contribution in [-0.2, 0) is 26.8 Å². The van der Waals surface area contributed by atoms with E-state index >= 15 is 0 Å². The summed E-state index contributed by atoms with van der Waals surface area (Å²) in [6, 6.07) is 4.11. The van der Waals surface area contributed by atoms with Crippen molar-refractivity contribution in [1.29, 1.82) is 0 Å². The Balaban J connectivity index is 2.68. The normalized spacial score (nSPS) is 13.3. The van der Waals surface area contributed by atoms with E-state index in [0.29, 0.717) is 30.4 Å². The molecule has 0 aliphatic carbocycles. The van der Waals surface area contributed by atoms with E-state index in [4.69, 9.17) is 4.74 Å². The molecule has 0 amide bonds. The Bertz CT molecular complexity index is 648. The first-order chi connectivity index (χ1) is 14.4. The predicted molar refractivity (Wildman–Crippen MR) is 135 cm³/mol. The predicted octanol–water partition coefficient (Wildman–Crippen LogP) is 7.56. The molecule has 1 aromatic rings. The third kappa shape index (κ3) is 9.89. The van der Waals surface area contributed by atoms with Gasteiger partial charge in [0, 0.05) is 11.7 Å². The van der Waals surface area contributed by atoms with E-state index < -0.39 is 0 Å². The van der Waals surface area contributed by atoms with Gasteiger partial charge in [0.15, 0.2) is 0 Å². The fraction of sp³-hybridized carbons (Fsp3) is 0.741. The van der Waals surface area contributed by atoms with Crippen LogP contribution in [0.2, 0.25) is 0 Å². The van der Waals surface area contributed by atoms with Crippen molar-refractivity contribution in [2.24, 2.45) is 0 Å². The van der Waals surface area contributed by atoms with Crippen LogP contribution in [0.15, 0.2) is 12.1 Å². The molecule has 31 heavy (non-hydrogen) atoms. The van der Waals surface area contributed by atoms with Crippen molar-refractivity contribution in [3.63, 3.8) is 0 Å². The average molecular weight is 451 g/mol. The van der Waals surface area contributed by atoms with Gasteiger partial charge >= 0.3 is 5.97 Å². The van der Waals surface area contributed by atoms with Crippen molar-refractivity contribution in [3.8, 4) is 5.75 Å². The lowest BCUT2D eigenvalue weighted by Crippen LogP contribution is -2.19. The molecule has 1 unspecified atom stereocenters. The van der Waals surface area contributed by atoms with Crippen LogP contribution < -0.4 is 0 Å². The quantitative estimate of drug-likeness (QED) is 0.264. The van der Waals surface area contributed by atoms with E-state index in [1.165, 1.54) is 25.7 Å². The number of ether oxygens (including phenoxy) is 1. The van der Waals surface area contributed by atoms with E-state index in [2.05, 4.69) is 67.5 Å². The molecule has 0 aliphatic heterocycles. The molecule has 0 saturated heterocycles. The number of aryl methyl sites for hydroxylation is 1. The van der Waals surface area contributed by atoms with Gasteiger partial charge < -0.3 is 9.84 Å². The van der Waals surface area contributed by atoms with Gasteiger partial charge in [-0.05, 0) is 52.5 Å². The molecular formula is C27H46O3S. The van der Waals surface area contributed by atoms with Crippen molar-refractivity contribution < 1.29 is 14.6 Å². The summed E-state index contributed by atoms with van der Waals surface area (Å²) in [5.74, 6) is 1.40. The first-order valence-electron chi connectivity index (χ1n) is 12.0. The molecule has 4 heteroatoms. The van der Waals surface area contributed by atoms with Crippen molar-refractivity contribution in [2.45, 2.75) is 116 Å². The number of esters is 1. The molecule has 0 radical (unpaired) electrons. The van der Waals surface area contributed by atoms with E-state index in [9.17, 15) is 9.90 Å². The van der Waals surface area contributed by atoms with Crippen LogP contribution in [0.1, 0.15) is 111 Å². The molecule has 3 nitrogen and oxygen atoms in total.